The summed E-state index contributed by atoms with van der Waals surface area (Å²) in [5.41, 5.74) is 2.05. The molecule has 5 nitrogen and oxygen atoms in total. The molecule has 0 atom stereocenters. The highest BCUT2D eigenvalue weighted by atomic mass is 16.6. The van der Waals surface area contributed by atoms with Crippen molar-refractivity contribution in [2.24, 2.45) is 0 Å². The largest absolute Gasteiger partial charge is 0.379 e. The molecule has 18 heavy (non-hydrogen) atoms. The maximum absolute atomic E-state index is 10.8. The minimum Gasteiger partial charge on any atom is -0.379 e. The highest BCUT2D eigenvalue weighted by Gasteiger charge is 2.12. The normalized spacial score (nSPS) is 15.0. The molecule has 0 saturated heterocycles. The summed E-state index contributed by atoms with van der Waals surface area (Å²) in [6.45, 7) is 0.733. The van der Waals surface area contributed by atoms with Gasteiger partial charge in [0.1, 0.15) is 11.9 Å². The number of allylic oxidation sites excluding steroid dienone is 1. The van der Waals surface area contributed by atoms with Crippen molar-refractivity contribution in [1.82, 2.24) is 4.98 Å². The number of nitrogens with one attached hydrogen (secondary N) is 1. The molecule has 1 aliphatic rings. The molecular weight excluding hydrogens is 230 g/mol. The highest BCUT2D eigenvalue weighted by Crippen LogP contribution is 2.23. The molecule has 2 rings (SSSR count). The molecule has 96 valence electrons. The molecule has 1 heterocycles. The van der Waals surface area contributed by atoms with E-state index in [2.05, 4.69) is 16.4 Å². The lowest BCUT2D eigenvalue weighted by Gasteiger charge is -2.13. The molecule has 0 aromatic carbocycles. The highest BCUT2D eigenvalue weighted by molar-refractivity contribution is 5.59. The predicted molar refractivity (Wildman–Crippen MR) is 70.5 cm³/mol. The van der Waals surface area contributed by atoms with Gasteiger partial charge in [-0.05, 0) is 38.2 Å². The Morgan fingerprint density at radius 1 is 1.44 bits per heavy atom. The molecule has 0 bridgehead atoms. The van der Waals surface area contributed by atoms with Crippen molar-refractivity contribution in [3.63, 3.8) is 0 Å². The van der Waals surface area contributed by atoms with Crippen molar-refractivity contribution >= 4 is 11.4 Å². The third-order valence-electron chi connectivity index (χ3n) is 3.14. The van der Waals surface area contributed by atoms with Crippen LogP contribution in [0.1, 0.15) is 32.1 Å². The fourth-order valence-corrected chi connectivity index (χ4v) is 2.17. The van der Waals surface area contributed by atoms with E-state index in [-0.39, 0.29) is 5.69 Å². The van der Waals surface area contributed by atoms with E-state index < -0.39 is 4.92 Å². The Kier molecular flexibility index (Phi) is 4.28. The van der Waals surface area contributed by atoms with Crippen LogP contribution < -0.4 is 5.32 Å². The second-order valence-corrected chi connectivity index (χ2v) is 4.43. The lowest BCUT2D eigenvalue weighted by Crippen LogP contribution is -2.06. The van der Waals surface area contributed by atoms with Gasteiger partial charge in [0.2, 0.25) is 0 Å². The van der Waals surface area contributed by atoms with E-state index in [1.54, 1.807) is 12.3 Å². The first-order valence-electron chi connectivity index (χ1n) is 6.27. The van der Waals surface area contributed by atoms with Gasteiger partial charge in [0.15, 0.2) is 0 Å². The molecule has 5 heteroatoms. The smallest absolute Gasteiger partial charge is 0.310 e. The summed E-state index contributed by atoms with van der Waals surface area (Å²) in [5, 5.41) is 13.9. The second-order valence-electron chi connectivity index (χ2n) is 4.43. The number of rotatable bonds is 5. The third kappa shape index (κ3) is 3.29. The fourth-order valence-electron chi connectivity index (χ4n) is 2.17. The van der Waals surface area contributed by atoms with Crippen molar-refractivity contribution in [3.05, 3.63) is 40.2 Å². The van der Waals surface area contributed by atoms with Crippen LogP contribution in [-0.4, -0.2) is 16.5 Å². The van der Waals surface area contributed by atoms with Gasteiger partial charge in [-0.2, -0.15) is 0 Å². The number of pyridine rings is 1. The molecule has 1 aromatic rings. The summed E-state index contributed by atoms with van der Waals surface area (Å²) < 4.78 is 0. The lowest BCUT2D eigenvalue weighted by molar-refractivity contribution is -0.384. The molecule has 0 radical (unpaired) electrons. The van der Waals surface area contributed by atoms with Crippen molar-refractivity contribution in [2.75, 3.05) is 11.9 Å². The predicted octanol–water partition coefficient (Wildman–Crippen LogP) is 3.29. The summed E-state index contributed by atoms with van der Waals surface area (Å²) >= 11 is 0. The Labute approximate surface area is 106 Å². The first-order valence-corrected chi connectivity index (χ1v) is 6.27. The van der Waals surface area contributed by atoms with E-state index in [9.17, 15) is 10.1 Å². The van der Waals surface area contributed by atoms with Crippen LogP contribution in [0.2, 0.25) is 0 Å². The zero-order chi connectivity index (χ0) is 12.8. The van der Waals surface area contributed by atoms with Gasteiger partial charge in [0.25, 0.3) is 0 Å². The molecule has 1 N–H and O–H groups in total. The van der Waals surface area contributed by atoms with Crippen LogP contribution in [0, 0.1) is 10.1 Å². The van der Waals surface area contributed by atoms with E-state index in [1.807, 2.05) is 0 Å². The summed E-state index contributed by atoms with van der Waals surface area (Å²) in [6.07, 6.45) is 11.0. The number of nitro groups is 1. The number of aromatic nitrogens is 1. The van der Waals surface area contributed by atoms with Crippen LogP contribution in [0.5, 0.6) is 0 Å². The quantitative estimate of drug-likeness (QED) is 0.492. The molecule has 0 spiro atoms. The summed E-state index contributed by atoms with van der Waals surface area (Å²) in [6, 6.07) is 1.65. The van der Waals surface area contributed by atoms with E-state index in [1.165, 1.54) is 37.5 Å². The van der Waals surface area contributed by atoms with Gasteiger partial charge in [0, 0.05) is 12.7 Å². The van der Waals surface area contributed by atoms with Crippen LogP contribution in [0.15, 0.2) is 30.1 Å². The van der Waals surface area contributed by atoms with E-state index in [0.717, 1.165) is 13.0 Å². The fraction of sp³-hybridized carbons (Fsp3) is 0.462. The third-order valence-corrected chi connectivity index (χ3v) is 3.14. The maximum Gasteiger partial charge on any atom is 0.310 e. The van der Waals surface area contributed by atoms with Crippen LogP contribution in [0.3, 0.4) is 0 Å². The molecule has 0 aliphatic heterocycles. The SMILES string of the molecule is O=[N+]([O-])c1cnccc1NCCC1=CCCCC1. The van der Waals surface area contributed by atoms with Crippen molar-refractivity contribution < 1.29 is 4.92 Å². The summed E-state index contributed by atoms with van der Waals surface area (Å²) in [4.78, 5) is 14.2. The van der Waals surface area contributed by atoms with Crippen LogP contribution in [0.25, 0.3) is 0 Å². The minimum absolute atomic E-state index is 0.0372. The molecular formula is C13H17N3O2. The Bertz CT molecular complexity index is 457. The van der Waals surface area contributed by atoms with Gasteiger partial charge in [-0.15, -0.1) is 0 Å². The molecule has 0 amide bonds. The Morgan fingerprint density at radius 2 is 2.33 bits per heavy atom. The number of hydrogen-bond acceptors (Lipinski definition) is 4. The average molecular weight is 247 g/mol. The van der Waals surface area contributed by atoms with E-state index in [4.69, 9.17) is 0 Å². The van der Waals surface area contributed by atoms with Crippen molar-refractivity contribution in [3.8, 4) is 0 Å². The summed E-state index contributed by atoms with van der Waals surface area (Å²) in [7, 11) is 0. The summed E-state index contributed by atoms with van der Waals surface area (Å²) in [5.74, 6) is 0. The number of hydrogen-bond donors (Lipinski definition) is 1. The van der Waals surface area contributed by atoms with Gasteiger partial charge in [-0.3, -0.25) is 15.1 Å². The van der Waals surface area contributed by atoms with Crippen molar-refractivity contribution in [1.29, 1.82) is 0 Å². The molecule has 1 aliphatic carbocycles. The van der Waals surface area contributed by atoms with Crippen LogP contribution >= 0.6 is 0 Å². The zero-order valence-electron chi connectivity index (χ0n) is 10.3. The monoisotopic (exact) mass is 247 g/mol. The van der Waals surface area contributed by atoms with Gasteiger partial charge < -0.3 is 5.32 Å². The minimum atomic E-state index is -0.408. The first-order chi connectivity index (χ1) is 8.77. The first kappa shape index (κ1) is 12.5. The molecule has 0 fully saturated rings. The second kappa shape index (κ2) is 6.14. The lowest BCUT2D eigenvalue weighted by atomic mass is 9.97. The average Bonchev–Trinajstić information content (AvgIpc) is 2.40. The number of anilines is 1. The van der Waals surface area contributed by atoms with Gasteiger partial charge in [-0.1, -0.05) is 11.6 Å². The Morgan fingerprint density at radius 3 is 3.06 bits per heavy atom. The van der Waals surface area contributed by atoms with Gasteiger partial charge >= 0.3 is 5.69 Å². The van der Waals surface area contributed by atoms with Gasteiger partial charge in [0.05, 0.1) is 4.92 Å². The van der Waals surface area contributed by atoms with Crippen molar-refractivity contribution in [2.45, 2.75) is 32.1 Å². The zero-order valence-corrected chi connectivity index (χ0v) is 10.3. The Balaban J connectivity index is 1.90. The standard InChI is InChI=1S/C13H17N3O2/c17-16(18)13-10-14-8-7-12(13)15-9-6-11-4-2-1-3-5-11/h4,7-8,10H,1-3,5-6,9H2,(H,14,15). The molecule has 1 aromatic heterocycles. The van der Waals surface area contributed by atoms with E-state index in [0.29, 0.717) is 5.69 Å². The van der Waals surface area contributed by atoms with Crippen LogP contribution in [0.4, 0.5) is 11.4 Å². The Hall–Kier alpha value is -1.91. The van der Waals surface area contributed by atoms with Gasteiger partial charge in [-0.25, -0.2) is 0 Å². The van der Waals surface area contributed by atoms with E-state index >= 15 is 0 Å². The number of nitrogens with zero attached hydrogens (tertiary/aromatic N) is 2. The molecule has 0 saturated carbocycles. The molecule has 0 unspecified atom stereocenters. The maximum atomic E-state index is 10.8. The van der Waals surface area contributed by atoms with Crippen LogP contribution in [-0.2, 0) is 0 Å². The topological polar surface area (TPSA) is 68.1 Å².